The lowest BCUT2D eigenvalue weighted by atomic mass is 9.94. The fourth-order valence-electron chi connectivity index (χ4n) is 3.11. The van der Waals surface area contributed by atoms with E-state index >= 15 is 0 Å². The molecule has 2 aromatic carbocycles. The normalized spacial score (nSPS) is 16.4. The molecule has 2 aromatic rings. The number of fused-ring (bicyclic) bond motifs is 1. The molecule has 0 aromatic heterocycles. The van der Waals surface area contributed by atoms with Gasteiger partial charge in [-0.1, -0.05) is 42.5 Å². The minimum absolute atomic E-state index is 0.0195. The Morgan fingerprint density at radius 1 is 1.23 bits per heavy atom. The van der Waals surface area contributed by atoms with E-state index < -0.39 is 0 Å². The summed E-state index contributed by atoms with van der Waals surface area (Å²) in [4.78, 5) is 12.3. The second kappa shape index (κ2) is 8.21. The first-order valence-corrected chi connectivity index (χ1v) is 8.64. The van der Waals surface area contributed by atoms with Gasteiger partial charge < -0.3 is 16.4 Å². The van der Waals surface area contributed by atoms with Crippen molar-refractivity contribution in [3.05, 3.63) is 102 Å². The summed E-state index contributed by atoms with van der Waals surface area (Å²) in [6.07, 6.45) is 7.89. The Balaban J connectivity index is 1.85. The van der Waals surface area contributed by atoms with E-state index in [4.69, 9.17) is 5.73 Å². The third kappa shape index (κ3) is 3.86. The van der Waals surface area contributed by atoms with Gasteiger partial charge in [-0.25, -0.2) is 0 Å². The van der Waals surface area contributed by atoms with Crippen LogP contribution in [0.15, 0.2) is 79.7 Å². The Morgan fingerprint density at radius 3 is 2.77 bits per heavy atom. The van der Waals surface area contributed by atoms with Crippen molar-refractivity contribution in [1.82, 2.24) is 10.6 Å². The highest BCUT2D eigenvalue weighted by molar-refractivity contribution is 5.99. The van der Waals surface area contributed by atoms with Crippen LogP contribution in [-0.2, 0) is 6.42 Å². The number of nitrogens with one attached hydrogen (secondary N) is 2. The first-order chi connectivity index (χ1) is 12.7. The van der Waals surface area contributed by atoms with Crippen LogP contribution in [0.2, 0.25) is 0 Å². The van der Waals surface area contributed by atoms with Gasteiger partial charge in [0.05, 0.1) is 6.04 Å². The lowest BCUT2D eigenvalue weighted by Gasteiger charge is -2.13. The third-order valence-corrected chi connectivity index (χ3v) is 4.42. The molecule has 1 aliphatic heterocycles. The van der Waals surface area contributed by atoms with E-state index in [9.17, 15) is 4.79 Å². The smallest absolute Gasteiger partial charge is 0.252 e. The molecule has 0 spiro atoms. The van der Waals surface area contributed by atoms with Gasteiger partial charge in [-0.3, -0.25) is 4.79 Å². The van der Waals surface area contributed by atoms with E-state index in [0.717, 1.165) is 28.7 Å². The van der Waals surface area contributed by atoms with Crippen LogP contribution in [0.25, 0.3) is 5.57 Å². The van der Waals surface area contributed by atoms with Gasteiger partial charge in [0.1, 0.15) is 0 Å². The lowest BCUT2D eigenvalue weighted by Crippen LogP contribution is -2.20. The summed E-state index contributed by atoms with van der Waals surface area (Å²) in [5.74, 6) is -0.0195. The van der Waals surface area contributed by atoms with Crippen LogP contribution in [0.5, 0.6) is 0 Å². The summed E-state index contributed by atoms with van der Waals surface area (Å²) < 4.78 is 0. The molecule has 0 radical (unpaired) electrons. The molecular formula is C22H23N3O. The molecule has 1 amide bonds. The molecule has 1 heterocycles. The van der Waals surface area contributed by atoms with E-state index in [1.807, 2.05) is 42.6 Å². The Hall–Kier alpha value is -3.27. The van der Waals surface area contributed by atoms with E-state index in [2.05, 4.69) is 35.4 Å². The molecule has 4 heteroatoms. The second-order valence-electron chi connectivity index (χ2n) is 6.17. The topological polar surface area (TPSA) is 67.2 Å². The molecule has 1 aliphatic rings. The van der Waals surface area contributed by atoms with Gasteiger partial charge in [-0.2, -0.15) is 0 Å². The molecule has 26 heavy (non-hydrogen) atoms. The van der Waals surface area contributed by atoms with E-state index in [0.29, 0.717) is 6.54 Å². The predicted molar refractivity (Wildman–Crippen MR) is 106 cm³/mol. The molecule has 1 atom stereocenters. The van der Waals surface area contributed by atoms with Gasteiger partial charge in [-0.15, -0.1) is 6.58 Å². The number of allylic oxidation sites excluding steroid dienone is 2. The van der Waals surface area contributed by atoms with Crippen LogP contribution < -0.4 is 16.4 Å². The number of carbonyl (C=O) groups is 1. The quantitative estimate of drug-likeness (QED) is 0.410. The summed E-state index contributed by atoms with van der Waals surface area (Å²) in [5, 5.41) is 6.19. The zero-order valence-electron chi connectivity index (χ0n) is 14.6. The number of amides is 1. The Bertz CT molecular complexity index is 853. The fourth-order valence-corrected chi connectivity index (χ4v) is 3.11. The molecule has 1 unspecified atom stereocenters. The summed E-state index contributed by atoms with van der Waals surface area (Å²) in [6, 6.07) is 16.0. The summed E-state index contributed by atoms with van der Waals surface area (Å²) >= 11 is 0. The number of hydrogen-bond donors (Lipinski definition) is 3. The molecule has 4 nitrogen and oxygen atoms in total. The van der Waals surface area contributed by atoms with Crippen molar-refractivity contribution in [2.24, 2.45) is 5.73 Å². The largest absolute Gasteiger partial charge is 0.404 e. The molecular weight excluding hydrogens is 322 g/mol. The summed E-state index contributed by atoms with van der Waals surface area (Å²) in [7, 11) is 0. The van der Waals surface area contributed by atoms with E-state index in [1.54, 1.807) is 12.3 Å². The van der Waals surface area contributed by atoms with Crippen molar-refractivity contribution >= 4 is 11.5 Å². The zero-order chi connectivity index (χ0) is 18.4. The number of rotatable bonds is 7. The highest BCUT2D eigenvalue weighted by Crippen LogP contribution is 2.31. The van der Waals surface area contributed by atoms with Gasteiger partial charge in [0.15, 0.2) is 0 Å². The van der Waals surface area contributed by atoms with Crippen LogP contribution in [0.1, 0.15) is 33.1 Å². The maximum Gasteiger partial charge on any atom is 0.252 e. The summed E-state index contributed by atoms with van der Waals surface area (Å²) in [5.41, 5.74) is 10.6. The van der Waals surface area contributed by atoms with Gasteiger partial charge in [0.25, 0.3) is 5.91 Å². The van der Waals surface area contributed by atoms with Crippen LogP contribution in [0.3, 0.4) is 0 Å². The highest BCUT2D eigenvalue weighted by atomic mass is 16.2. The van der Waals surface area contributed by atoms with E-state index in [1.165, 1.54) is 5.56 Å². The second-order valence-corrected chi connectivity index (χ2v) is 6.17. The van der Waals surface area contributed by atoms with Crippen molar-refractivity contribution in [3.8, 4) is 0 Å². The van der Waals surface area contributed by atoms with Gasteiger partial charge >= 0.3 is 0 Å². The minimum atomic E-state index is -0.0262. The Labute approximate surface area is 154 Å². The first kappa shape index (κ1) is 17.5. The van der Waals surface area contributed by atoms with E-state index in [-0.39, 0.29) is 11.9 Å². The number of nitrogens with two attached hydrogens (primary N) is 1. The molecule has 0 saturated carbocycles. The molecule has 4 N–H and O–H groups in total. The number of carbonyl (C=O) groups excluding carboxylic acids is 1. The molecule has 0 bridgehead atoms. The van der Waals surface area contributed by atoms with Gasteiger partial charge in [0, 0.05) is 18.3 Å². The minimum Gasteiger partial charge on any atom is -0.404 e. The molecule has 0 aliphatic carbocycles. The standard InChI is InChI=1S/C22H23N3O/c1-2-11-24-12-10-18(15-23)17-8-9-19-20(14-17)21(25-22(19)26)13-16-6-4-3-5-7-16/h2-10,12,14-15,21,24H,1,11,13,23H2,(H,25,26)/b12-10+,18-15+. The monoisotopic (exact) mass is 345 g/mol. The molecule has 0 saturated heterocycles. The van der Waals surface area contributed by atoms with Crippen molar-refractivity contribution in [3.63, 3.8) is 0 Å². The van der Waals surface area contributed by atoms with Crippen LogP contribution in [0.4, 0.5) is 0 Å². The lowest BCUT2D eigenvalue weighted by molar-refractivity contribution is 0.0956. The van der Waals surface area contributed by atoms with Gasteiger partial charge in [0.2, 0.25) is 0 Å². The van der Waals surface area contributed by atoms with Crippen molar-refractivity contribution < 1.29 is 4.79 Å². The Morgan fingerprint density at radius 2 is 2.04 bits per heavy atom. The highest BCUT2D eigenvalue weighted by Gasteiger charge is 2.28. The average molecular weight is 345 g/mol. The number of hydrogen-bond acceptors (Lipinski definition) is 3. The SMILES string of the molecule is C=CCN/C=C/C(=C\N)c1ccc2c(c1)C(Cc1ccccc1)NC2=O. The zero-order valence-corrected chi connectivity index (χ0v) is 14.6. The molecule has 3 rings (SSSR count). The van der Waals surface area contributed by atoms with Crippen LogP contribution >= 0.6 is 0 Å². The van der Waals surface area contributed by atoms with Crippen LogP contribution in [-0.4, -0.2) is 12.5 Å². The first-order valence-electron chi connectivity index (χ1n) is 8.64. The van der Waals surface area contributed by atoms with Crippen molar-refractivity contribution in [1.29, 1.82) is 0 Å². The van der Waals surface area contributed by atoms with Crippen LogP contribution in [0, 0.1) is 0 Å². The molecule has 132 valence electrons. The average Bonchev–Trinajstić information content (AvgIpc) is 2.98. The maximum absolute atomic E-state index is 12.3. The fraction of sp³-hybridized carbons (Fsp3) is 0.136. The number of benzene rings is 2. The maximum atomic E-state index is 12.3. The molecule has 0 fully saturated rings. The van der Waals surface area contributed by atoms with Crippen molar-refractivity contribution in [2.45, 2.75) is 12.5 Å². The van der Waals surface area contributed by atoms with Gasteiger partial charge in [-0.05, 0) is 53.1 Å². The predicted octanol–water partition coefficient (Wildman–Crippen LogP) is 3.30. The summed E-state index contributed by atoms with van der Waals surface area (Å²) in [6.45, 7) is 4.36. The third-order valence-electron chi connectivity index (χ3n) is 4.42. The Kier molecular flexibility index (Phi) is 5.54. The van der Waals surface area contributed by atoms with Crippen molar-refractivity contribution in [2.75, 3.05) is 6.54 Å².